The van der Waals surface area contributed by atoms with Crippen molar-refractivity contribution in [2.45, 2.75) is 25.4 Å². The maximum atomic E-state index is 12.4. The molecule has 0 bridgehead atoms. The number of nitrogens with one attached hydrogen (secondary N) is 1. The molecule has 0 unspecified atom stereocenters. The van der Waals surface area contributed by atoms with Crippen LogP contribution in [0.4, 0.5) is 13.2 Å². The number of nitrogens with zero attached hydrogens (tertiary/aromatic N) is 5. The van der Waals surface area contributed by atoms with E-state index in [0.29, 0.717) is 17.9 Å². The molecule has 2 amide bonds. The van der Waals surface area contributed by atoms with Crippen molar-refractivity contribution in [3.8, 4) is 0 Å². The largest absolute Gasteiger partial charge is 0.471 e. The van der Waals surface area contributed by atoms with Gasteiger partial charge >= 0.3 is 12.1 Å². The lowest BCUT2D eigenvalue weighted by Gasteiger charge is -2.31. The summed E-state index contributed by atoms with van der Waals surface area (Å²) in [5.41, 5.74) is 0. The van der Waals surface area contributed by atoms with Crippen molar-refractivity contribution >= 4 is 28.1 Å². The second-order valence-corrected chi connectivity index (χ2v) is 6.70. The van der Waals surface area contributed by atoms with Gasteiger partial charge in [-0.1, -0.05) is 11.3 Å². The summed E-state index contributed by atoms with van der Waals surface area (Å²) in [4.78, 5) is 24.7. The molecule has 0 radical (unpaired) electrons. The number of fused-ring (bicyclic) bond motifs is 1. The highest BCUT2D eigenvalue weighted by Crippen LogP contribution is 2.24. The van der Waals surface area contributed by atoms with Crippen LogP contribution in [0.1, 0.15) is 17.8 Å². The Kier molecular flexibility index (Phi) is 4.88. The Morgan fingerprint density at radius 3 is 2.68 bits per heavy atom. The molecule has 0 spiro atoms. The third kappa shape index (κ3) is 4.06. The zero-order chi connectivity index (χ0) is 18.0. The Hall–Kier alpha value is -2.24. The highest BCUT2D eigenvalue weighted by atomic mass is 32.1. The Morgan fingerprint density at radius 2 is 2.04 bits per heavy atom. The molecular weight excluding hydrogens is 361 g/mol. The minimum atomic E-state index is -4.86. The molecule has 1 aliphatic heterocycles. The molecule has 8 nitrogen and oxygen atoms in total. The van der Waals surface area contributed by atoms with E-state index >= 15 is 0 Å². The predicted molar refractivity (Wildman–Crippen MR) is 80.7 cm³/mol. The van der Waals surface area contributed by atoms with Crippen LogP contribution in [0.15, 0.2) is 6.33 Å². The first-order chi connectivity index (χ1) is 11.8. The van der Waals surface area contributed by atoms with Gasteiger partial charge in [-0.05, 0) is 12.8 Å². The normalized spacial score (nSPS) is 16.4. The van der Waals surface area contributed by atoms with Crippen LogP contribution in [0.3, 0.4) is 0 Å². The number of rotatable bonds is 4. The molecule has 3 heterocycles. The van der Waals surface area contributed by atoms with Crippen molar-refractivity contribution in [1.82, 2.24) is 30.0 Å². The Bertz CT molecular complexity index is 737. The maximum Gasteiger partial charge on any atom is 0.471 e. The molecule has 25 heavy (non-hydrogen) atoms. The molecule has 0 saturated carbocycles. The second-order valence-electron chi connectivity index (χ2n) is 5.66. The first-order valence-electron chi connectivity index (χ1n) is 7.64. The minimum Gasteiger partial charge on any atom is -0.355 e. The van der Waals surface area contributed by atoms with Gasteiger partial charge in [-0.2, -0.15) is 22.8 Å². The molecule has 1 fully saturated rings. The van der Waals surface area contributed by atoms with E-state index in [0.717, 1.165) is 9.91 Å². The molecule has 0 aromatic carbocycles. The molecular formula is C13H15F3N6O2S. The number of piperidine rings is 1. The van der Waals surface area contributed by atoms with Crippen molar-refractivity contribution in [2.75, 3.05) is 19.6 Å². The maximum absolute atomic E-state index is 12.4. The summed E-state index contributed by atoms with van der Waals surface area (Å²) in [7, 11) is 0. The first-order valence-corrected chi connectivity index (χ1v) is 8.46. The van der Waals surface area contributed by atoms with Crippen molar-refractivity contribution in [3.63, 3.8) is 0 Å². The van der Waals surface area contributed by atoms with Gasteiger partial charge in [0.1, 0.15) is 11.3 Å². The van der Waals surface area contributed by atoms with Crippen LogP contribution in [-0.4, -0.2) is 62.3 Å². The van der Waals surface area contributed by atoms with Gasteiger partial charge in [0.25, 0.3) is 0 Å². The van der Waals surface area contributed by atoms with Crippen LogP contribution >= 0.6 is 11.3 Å². The number of hydrogen-bond donors (Lipinski definition) is 1. The lowest BCUT2D eigenvalue weighted by Crippen LogP contribution is -2.47. The Morgan fingerprint density at radius 1 is 1.32 bits per heavy atom. The van der Waals surface area contributed by atoms with E-state index in [2.05, 4.69) is 20.6 Å². The fourth-order valence-electron chi connectivity index (χ4n) is 2.66. The molecule has 1 saturated heterocycles. The van der Waals surface area contributed by atoms with Gasteiger partial charge in [-0.25, -0.2) is 0 Å². The monoisotopic (exact) mass is 376 g/mol. The van der Waals surface area contributed by atoms with E-state index in [-0.39, 0.29) is 37.8 Å². The zero-order valence-corrected chi connectivity index (χ0v) is 13.8. The summed E-state index contributed by atoms with van der Waals surface area (Å²) in [6, 6.07) is 0. The average Bonchev–Trinajstić information content (AvgIpc) is 3.15. The van der Waals surface area contributed by atoms with Gasteiger partial charge in [0.2, 0.25) is 10.9 Å². The zero-order valence-electron chi connectivity index (χ0n) is 13.0. The van der Waals surface area contributed by atoms with Gasteiger partial charge in [0, 0.05) is 32.0 Å². The van der Waals surface area contributed by atoms with Gasteiger partial charge in [-0.3, -0.25) is 9.59 Å². The van der Waals surface area contributed by atoms with Crippen LogP contribution in [0.2, 0.25) is 0 Å². The number of alkyl halides is 3. The number of carbonyl (C=O) groups excluding carboxylic acids is 2. The molecule has 0 atom stereocenters. The number of halogens is 3. The van der Waals surface area contributed by atoms with Crippen molar-refractivity contribution in [2.24, 2.45) is 5.92 Å². The quantitative estimate of drug-likeness (QED) is 0.846. The lowest BCUT2D eigenvalue weighted by molar-refractivity contribution is -0.186. The highest BCUT2D eigenvalue weighted by Gasteiger charge is 2.43. The fraction of sp³-hybridized carbons (Fsp3) is 0.615. The van der Waals surface area contributed by atoms with Crippen LogP contribution in [-0.2, 0) is 16.0 Å². The van der Waals surface area contributed by atoms with E-state index in [4.69, 9.17) is 0 Å². The van der Waals surface area contributed by atoms with Crippen LogP contribution in [0.5, 0.6) is 0 Å². The molecule has 2 aromatic rings. The van der Waals surface area contributed by atoms with Gasteiger partial charge in [-0.15, -0.1) is 10.2 Å². The summed E-state index contributed by atoms with van der Waals surface area (Å²) >= 11 is 1.37. The third-order valence-electron chi connectivity index (χ3n) is 3.96. The minimum absolute atomic E-state index is 0.0624. The summed E-state index contributed by atoms with van der Waals surface area (Å²) in [6.07, 6.45) is -2.39. The highest BCUT2D eigenvalue weighted by molar-refractivity contribution is 7.16. The van der Waals surface area contributed by atoms with Gasteiger partial charge in [0.05, 0.1) is 0 Å². The summed E-state index contributed by atoms with van der Waals surface area (Å²) in [5.74, 6) is -2.42. The molecule has 1 N–H and O–H groups in total. The smallest absolute Gasteiger partial charge is 0.355 e. The van der Waals surface area contributed by atoms with Crippen molar-refractivity contribution in [1.29, 1.82) is 0 Å². The van der Waals surface area contributed by atoms with Crippen LogP contribution in [0, 0.1) is 5.92 Å². The van der Waals surface area contributed by atoms with E-state index in [1.54, 1.807) is 4.52 Å². The summed E-state index contributed by atoms with van der Waals surface area (Å²) in [5, 5.41) is 15.4. The van der Waals surface area contributed by atoms with E-state index in [1.165, 1.54) is 17.7 Å². The van der Waals surface area contributed by atoms with Crippen molar-refractivity contribution < 1.29 is 22.8 Å². The summed E-state index contributed by atoms with van der Waals surface area (Å²) in [6.45, 7) is 0.255. The molecule has 3 rings (SSSR count). The Labute approximate surface area is 144 Å². The lowest BCUT2D eigenvalue weighted by atomic mass is 9.96. The van der Waals surface area contributed by atoms with Gasteiger partial charge < -0.3 is 10.2 Å². The third-order valence-corrected chi connectivity index (χ3v) is 4.93. The first kappa shape index (κ1) is 17.6. The molecule has 0 aliphatic carbocycles. The topological polar surface area (TPSA) is 92.5 Å². The van der Waals surface area contributed by atoms with E-state index < -0.39 is 12.1 Å². The average molecular weight is 376 g/mol. The number of aromatic nitrogens is 4. The van der Waals surface area contributed by atoms with Crippen LogP contribution in [0.25, 0.3) is 4.96 Å². The van der Waals surface area contributed by atoms with Gasteiger partial charge in [0.15, 0.2) is 0 Å². The van der Waals surface area contributed by atoms with Crippen LogP contribution < -0.4 is 5.32 Å². The molecule has 136 valence electrons. The molecule has 1 aliphatic rings. The molecule has 12 heteroatoms. The standard InChI is InChI=1S/C13H15F3N6O2S/c14-13(15,16)11(24)21-5-2-8(3-6-21)10(23)17-4-1-9-20-22-7-18-19-12(22)25-9/h7-8H,1-6H2,(H,17,23). The number of hydrogen-bond acceptors (Lipinski definition) is 6. The number of carbonyl (C=O) groups is 2. The fourth-order valence-corrected chi connectivity index (χ4v) is 3.48. The van der Waals surface area contributed by atoms with Crippen molar-refractivity contribution in [3.05, 3.63) is 11.3 Å². The SMILES string of the molecule is O=C(NCCc1nn2cnnc2s1)C1CCN(C(=O)C(F)(F)F)CC1. The molecule has 2 aromatic heterocycles. The number of amides is 2. The predicted octanol–water partition coefficient (Wildman–Crippen LogP) is 0.645. The Balaban J connectivity index is 1.42. The number of likely N-dealkylation sites (tertiary alicyclic amines) is 1. The summed E-state index contributed by atoms with van der Waals surface area (Å²) < 4.78 is 38.7. The van der Waals surface area contributed by atoms with E-state index in [9.17, 15) is 22.8 Å². The second kappa shape index (κ2) is 6.94. The van der Waals surface area contributed by atoms with E-state index in [1.807, 2.05) is 0 Å².